The number of aliphatic hydroxyl groups excluding tert-OH is 1. The van der Waals surface area contributed by atoms with Gasteiger partial charge in [-0.2, -0.15) is 0 Å². The van der Waals surface area contributed by atoms with Crippen LogP contribution >= 0.6 is 0 Å². The van der Waals surface area contributed by atoms with Crippen molar-refractivity contribution in [2.75, 3.05) is 5.32 Å². The number of amides is 1. The molecule has 4 rings (SSSR count). The minimum absolute atomic E-state index is 0.110. The van der Waals surface area contributed by atoms with Gasteiger partial charge in [0.05, 0.1) is 36.2 Å². The third-order valence-electron chi connectivity index (χ3n) is 6.66. The van der Waals surface area contributed by atoms with Gasteiger partial charge >= 0.3 is 0 Å². The number of carbonyl (C=O) groups excluding carboxylic acids is 1. The highest BCUT2D eigenvalue weighted by atomic mass is 16.5. The number of aliphatic hydroxyl groups is 1. The van der Waals surface area contributed by atoms with E-state index in [1.54, 1.807) is 13.1 Å². The van der Waals surface area contributed by atoms with Gasteiger partial charge in [0.1, 0.15) is 5.75 Å². The minimum atomic E-state index is -0.511. The van der Waals surface area contributed by atoms with Gasteiger partial charge in [0.15, 0.2) is 5.82 Å². The van der Waals surface area contributed by atoms with Crippen molar-refractivity contribution in [3.05, 3.63) is 71.5 Å². The number of aromatic nitrogens is 2. The molecule has 0 aliphatic heterocycles. The van der Waals surface area contributed by atoms with Gasteiger partial charge in [-0.05, 0) is 56.4 Å². The maximum absolute atomic E-state index is 12.9. The summed E-state index contributed by atoms with van der Waals surface area (Å²) >= 11 is 0. The van der Waals surface area contributed by atoms with E-state index in [9.17, 15) is 9.90 Å². The fourth-order valence-electron chi connectivity index (χ4n) is 4.73. The Labute approximate surface area is 214 Å². The summed E-state index contributed by atoms with van der Waals surface area (Å²) in [6.07, 6.45) is 8.55. The maximum Gasteiger partial charge on any atom is 0.229 e. The van der Waals surface area contributed by atoms with E-state index in [1.165, 1.54) is 32.1 Å². The number of hydrogen-bond acceptors (Lipinski definition) is 5. The van der Waals surface area contributed by atoms with Crippen LogP contribution in [0.5, 0.6) is 5.75 Å². The van der Waals surface area contributed by atoms with E-state index in [1.807, 2.05) is 62.4 Å². The average Bonchev–Trinajstić information content (AvgIpc) is 2.86. The maximum atomic E-state index is 12.9. The summed E-state index contributed by atoms with van der Waals surface area (Å²) in [7, 11) is 0. The molecule has 6 heteroatoms. The summed E-state index contributed by atoms with van der Waals surface area (Å²) in [5, 5.41) is 12.8. The standard InChI is InChI=1S/C30H37N3O3/c1-20(2)36-26-15-9-23(10-16-26)18-29(35)33-30-27(17-22-7-5-4-6-8-22)32-28(19-31-30)25-13-11-24(12-14-25)21(3)34/h9-16,19-22,34H,4-8,17-18H2,1-3H3,(H,31,33,35). The van der Waals surface area contributed by atoms with Gasteiger partial charge in [0, 0.05) is 5.56 Å². The van der Waals surface area contributed by atoms with Gasteiger partial charge in [-0.15, -0.1) is 0 Å². The van der Waals surface area contributed by atoms with E-state index in [2.05, 4.69) is 10.3 Å². The largest absolute Gasteiger partial charge is 0.491 e. The molecule has 1 aromatic heterocycles. The molecule has 1 unspecified atom stereocenters. The van der Waals surface area contributed by atoms with Gasteiger partial charge in [-0.1, -0.05) is 68.5 Å². The minimum Gasteiger partial charge on any atom is -0.491 e. The Morgan fingerprint density at radius 2 is 1.72 bits per heavy atom. The number of nitrogens with one attached hydrogen (secondary N) is 1. The fourth-order valence-corrected chi connectivity index (χ4v) is 4.73. The number of hydrogen-bond donors (Lipinski definition) is 2. The number of benzene rings is 2. The van der Waals surface area contributed by atoms with Crippen molar-refractivity contribution in [2.24, 2.45) is 5.92 Å². The lowest BCUT2D eigenvalue weighted by molar-refractivity contribution is -0.115. The summed E-state index contributed by atoms with van der Waals surface area (Å²) < 4.78 is 5.69. The molecule has 1 fully saturated rings. The Kier molecular flexibility index (Phi) is 8.70. The molecule has 0 radical (unpaired) electrons. The summed E-state index contributed by atoms with van der Waals surface area (Å²) in [5.74, 6) is 1.80. The van der Waals surface area contributed by atoms with Gasteiger partial charge in [0.25, 0.3) is 0 Å². The van der Waals surface area contributed by atoms with Gasteiger partial charge < -0.3 is 15.2 Å². The first-order valence-electron chi connectivity index (χ1n) is 13.1. The molecule has 190 valence electrons. The molecule has 1 amide bonds. The molecule has 2 N–H and O–H groups in total. The molecule has 1 heterocycles. The first-order valence-corrected chi connectivity index (χ1v) is 13.1. The number of ether oxygens (including phenoxy) is 1. The summed E-state index contributed by atoms with van der Waals surface area (Å²) in [6.45, 7) is 5.73. The van der Waals surface area contributed by atoms with E-state index in [0.717, 1.165) is 40.2 Å². The topological polar surface area (TPSA) is 84.3 Å². The highest BCUT2D eigenvalue weighted by Crippen LogP contribution is 2.29. The fraction of sp³-hybridized carbons (Fsp3) is 0.433. The molecule has 1 atom stereocenters. The normalized spacial score (nSPS) is 15.0. The number of anilines is 1. The number of nitrogens with zero attached hydrogens (tertiary/aromatic N) is 2. The second-order valence-corrected chi connectivity index (χ2v) is 10.1. The quantitative estimate of drug-likeness (QED) is 0.371. The lowest BCUT2D eigenvalue weighted by atomic mass is 9.86. The van der Waals surface area contributed by atoms with Crippen LogP contribution in [0.2, 0.25) is 0 Å². The van der Waals surface area contributed by atoms with Crippen LogP contribution in [0, 0.1) is 5.92 Å². The lowest BCUT2D eigenvalue weighted by Gasteiger charge is -2.22. The molecule has 0 saturated heterocycles. The predicted octanol–water partition coefficient (Wildman–Crippen LogP) is 6.29. The summed E-state index contributed by atoms with van der Waals surface area (Å²) in [4.78, 5) is 22.5. The SMILES string of the molecule is CC(C)Oc1ccc(CC(=O)Nc2ncc(-c3ccc(C(C)O)cc3)nc2CC2CCCCC2)cc1. The van der Waals surface area contributed by atoms with Crippen LogP contribution in [-0.4, -0.2) is 27.1 Å². The molecule has 6 nitrogen and oxygen atoms in total. The summed E-state index contributed by atoms with van der Waals surface area (Å²) in [6, 6.07) is 15.4. The smallest absolute Gasteiger partial charge is 0.229 e. The zero-order valence-corrected chi connectivity index (χ0v) is 21.5. The Hall–Kier alpha value is -3.25. The van der Waals surface area contributed by atoms with Crippen molar-refractivity contribution in [1.82, 2.24) is 9.97 Å². The second kappa shape index (κ2) is 12.1. The Morgan fingerprint density at radius 1 is 1.03 bits per heavy atom. The van der Waals surface area contributed by atoms with Crippen LogP contribution in [0.3, 0.4) is 0 Å². The Balaban J connectivity index is 1.51. The van der Waals surface area contributed by atoms with Crippen molar-refractivity contribution in [1.29, 1.82) is 0 Å². The van der Waals surface area contributed by atoms with Crippen LogP contribution in [0.4, 0.5) is 5.82 Å². The lowest BCUT2D eigenvalue weighted by Crippen LogP contribution is -2.19. The molecular weight excluding hydrogens is 450 g/mol. The van der Waals surface area contributed by atoms with Crippen molar-refractivity contribution < 1.29 is 14.6 Å². The molecule has 0 bridgehead atoms. The molecule has 1 aliphatic carbocycles. The molecule has 0 spiro atoms. The molecule has 1 aliphatic rings. The zero-order valence-electron chi connectivity index (χ0n) is 21.5. The second-order valence-electron chi connectivity index (χ2n) is 10.1. The van der Waals surface area contributed by atoms with E-state index in [0.29, 0.717) is 11.7 Å². The van der Waals surface area contributed by atoms with Crippen molar-refractivity contribution >= 4 is 11.7 Å². The molecule has 36 heavy (non-hydrogen) atoms. The monoisotopic (exact) mass is 487 g/mol. The van der Waals surface area contributed by atoms with Crippen LogP contribution in [-0.2, 0) is 17.6 Å². The highest BCUT2D eigenvalue weighted by Gasteiger charge is 2.19. The van der Waals surface area contributed by atoms with Gasteiger partial charge in [-0.3, -0.25) is 4.79 Å². The zero-order chi connectivity index (χ0) is 25.5. The van der Waals surface area contributed by atoms with E-state index < -0.39 is 6.10 Å². The van der Waals surface area contributed by atoms with Crippen LogP contribution < -0.4 is 10.1 Å². The Morgan fingerprint density at radius 3 is 2.36 bits per heavy atom. The predicted molar refractivity (Wildman–Crippen MR) is 143 cm³/mol. The average molecular weight is 488 g/mol. The van der Waals surface area contributed by atoms with Crippen LogP contribution in [0.1, 0.15) is 75.8 Å². The van der Waals surface area contributed by atoms with Gasteiger partial charge in [-0.25, -0.2) is 9.97 Å². The first-order chi connectivity index (χ1) is 17.4. The van der Waals surface area contributed by atoms with Crippen LogP contribution in [0.15, 0.2) is 54.7 Å². The molecule has 3 aromatic rings. The van der Waals surface area contributed by atoms with E-state index >= 15 is 0 Å². The van der Waals surface area contributed by atoms with Crippen molar-refractivity contribution in [2.45, 2.75) is 77.9 Å². The van der Waals surface area contributed by atoms with Crippen molar-refractivity contribution in [3.63, 3.8) is 0 Å². The Bertz CT molecular complexity index is 1140. The van der Waals surface area contributed by atoms with E-state index in [4.69, 9.17) is 9.72 Å². The third-order valence-corrected chi connectivity index (χ3v) is 6.66. The molecular formula is C30H37N3O3. The number of carbonyl (C=O) groups is 1. The van der Waals surface area contributed by atoms with E-state index in [-0.39, 0.29) is 18.4 Å². The van der Waals surface area contributed by atoms with Crippen LogP contribution in [0.25, 0.3) is 11.3 Å². The molecule has 1 saturated carbocycles. The summed E-state index contributed by atoms with van der Waals surface area (Å²) in [5.41, 5.74) is 4.34. The highest BCUT2D eigenvalue weighted by molar-refractivity contribution is 5.92. The molecule has 2 aromatic carbocycles. The number of rotatable bonds is 9. The van der Waals surface area contributed by atoms with Crippen molar-refractivity contribution in [3.8, 4) is 17.0 Å². The van der Waals surface area contributed by atoms with Gasteiger partial charge in [0.2, 0.25) is 5.91 Å². The first kappa shape index (κ1) is 25.8. The third kappa shape index (κ3) is 7.14.